The molecule has 3 rings (SSSR count). The molecular weight excluding hydrogens is 268 g/mol. The van der Waals surface area contributed by atoms with E-state index in [2.05, 4.69) is 17.1 Å². The molecule has 1 aromatic carbocycles. The number of pyridine rings is 1. The predicted molar refractivity (Wildman–Crippen MR) is 82.9 cm³/mol. The molecule has 2 aromatic rings. The van der Waals surface area contributed by atoms with Crippen molar-refractivity contribution in [3.8, 4) is 5.75 Å². The van der Waals surface area contributed by atoms with Gasteiger partial charge in [0, 0.05) is 11.8 Å². The molecule has 0 saturated carbocycles. The molecule has 1 aromatic heterocycles. The van der Waals surface area contributed by atoms with Crippen LogP contribution in [0, 0.1) is 0 Å². The quantitative estimate of drug-likeness (QED) is 0.877. The summed E-state index contributed by atoms with van der Waals surface area (Å²) in [6.07, 6.45) is 5.27. The van der Waals surface area contributed by atoms with Crippen LogP contribution >= 0.6 is 12.2 Å². The van der Waals surface area contributed by atoms with Crippen molar-refractivity contribution in [2.45, 2.75) is 25.9 Å². The summed E-state index contributed by atoms with van der Waals surface area (Å²) in [6.45, 7) is 0.430. The molecule has 1 heterocycles. The van der Waals surface area contributed by atoms with Crippen LogP contribution in [0.5, 0.6) is 5.75 Å². The number of nitrogens with two attached hydrogens (primary N) is 1. The summed E-state index contributed by atoms with van der Waals surface area (Å²) >= 11 is 5.01. The molecule has 102 valence electrons. The van der Waals surface area contributed by atoms with Crippen LogP contribution in [0.2, 0.25) is 0 Å². The molecule has 0 amide bonds. The fourth-order valence-corrected chi connectivity index (χ4v) is 2.76. The molecule has 4 heteroatoms. The number of benzene rings is 1. The zero-order valence-electron chi connectivity index (χ0n) is 11.1. The number of ether oxygens (including phenoxy) is 1. The lowest BCUT2D eigenvalue weighted by Gasteiger charge is -2.10. The number of hydrogen-bond donors (Lipinski definition) is 1. The SMILES string of the molecule is NC(=S)c1ncccc1COc1ccc2c(c1)CCC2. The van der Waals surface area contributed by atoms with Gasteiger partial charge in [0.1, 0.15) is 23.0 Å². The Labute approximate surface area is 123 Å². The Morgan fingerprint density at radius 3 is 2.95 bits per heavy atom. The van der Waals surface area contributed by atoms with Crippen LogP contribution in [0.1, 0.15) is 28.8 Å². The summed E-state index contributed by atoms with van der Waals surface area (Å²) in [6, 6.07) is 10.1. The first-order valence-electron chi connectivity index (χ1n) is 6.72. The Kier molecular flexibility index (Phi) is 3.65. The Balaban J connectivity index is 1.75. The smallest absolute Gasteiger partial charge is 0.123 e. The highest BCUT2D eigenvalue weighted by Crippen LogP contribution is 2.26. The van der Waals surface area contributed by atoms with E-state index in [1.165, 1.54) is 24.0 Å². The summed E-state index contributed by atoms with van der Waals surface area (Å²) in [5.74, 6) is 0.892. The highest BCUT2D eigenvalue weighted by Gasteiger charge is 2.12. The Bertz CT molecular complexity index is 655. The maximum Gasteiger partial charge on any atom is 0.123 e. The lowest BCUT2D eigenvalue weighted by atomic mass is 10.1. The largest absolute Gasteiger partial charge is 0.489 e. The van der Waals surface area contributed by atoms with E-state index < -0.39 is 0 Å². The zero-order valence-corrected chi connectivity index (χ0v) is 12.0. The first-order chi connectivity index (χ1) is 9.74. The van der Waals surface area contributed by atoms with Gasteiger partial charge in [-0.05, 0) is 48.6 Å². The van der Waals surface area contributed by atoms with Crippen LogP contribution in [0.15, 0.2) is 36.5 Å². The number of aromatic nitrogens is 1. The minimum absolute atomic E-state index is 0.304. The van der Waals surface area contributed by atoms with Crippen LogP contribution in [-0.2, 0) is 19.4 Å². The van der Waals surface area contributed by atoms with Crippen LogP contribution in [0.3, 0.4) is 0 Å². The van der Waals surface area contributed by atoms with Gasteiger partial charge in [-0.3, -0.25) is 4.98 Å². The van der Waals surface area contributed by atoms with Gasteiger partial charge in [0.15, 0.2) is 0 Å². The lowest BCUT2D eigenvalue weighted by molar-refractivity contribution is 0.305. The van der Waals surface area contributed by atoms with Crippen molar-refractivity contribution >= 4 is 17.2 Å². The number of fused-ring (bicyclic) bond motifs is 1. The van der Waals surface area contributed by atoms with Gasteiger partial charge in [0.2, 0.25) is 0 Å². The minimum atomic E-state index is 0.304. The maximum absolute atomic E-state index is 5.85. The van der Waals surface area contributed by atoms with E-state index in [4.69, 9.17) is 22.7 Å². The molecule has 0 unspecified atom stereocenters. The first kappa shape index (κ1) is 13.1. The van der Waals surface area contributed by atoms with E-state index in [0.29, 0.717) is 17.3 Å². The summed E-state index contributed by atoms with van der Waals surface area (Å²) < 4.78 is 5.85. The molecule has 0 saturated heterocycles. The third kappa shape index (κ3) is 2.65. The molecule has 0 fully saturated rings. The van der Waals surface area contributed by atoms with Crippen molar-refractivity contribution in [1.29, 1.82) is 0 Å². The summed E-state index contributed by atoms with van der Waals surface area (Å²) in [5, 5.41) is 0. The van der Waals surface area contributed by atoms with Crippen molar-refractivity contribution in [3.05, 3.63) is 58.9 Å². The molecule has 0 spiro atoms. The molecule has 20 heavy (non-hydrogen) atoms. The normalized spacial score (nSPS) is 13.0. The number of thiocarbonyl (C=S) groups is 1. The van der Waals surface area contributed by atoms with Crippen molar-refractivity contribution in [1.82, 2.24) is 4.98 Å². The highest BCUT2D eigenvalue weighted by atomic mass is 32.1. The van der Waals surface area contributed by atoms with E-state index in [1.54, 1.807) is 6.20 Å². The molecule has 1 aliphatic carbocycles. The van der Waals surface area contributed by atoms with Crippen molar-refractivity contribution in [2.24, 2.45) is 5.73 Å². The van der Waals surface area contributed by atoms with Gasteiger partial charge in [-0.1, -0.05) is 24.4 Å². The van der Waals surface area contributed by atoms with Gasteiger partial charge in [0.25, 0.3) is 0 Å². The second-order valence-corrected chi connectivity index (χ2v) is 5.39. The molecule has 0 aliphatic heterocycles. The Hall–Kier alpha value is -1.94. The van der Waals surface area contributed by atoms with Gasteiger partial charge in [0.05, 0.1) is 0 Å². The monoisotopic (exact) mass is 284 g/mol. The Morgan fingerprint density at radius 1 is 1.25 bits per heavy atom. The van der Waals surface area contributed by atoms with E-state index in [-0.39, 0.29) is 0 Å². The van der Waals surface area contributed by atoms with Crippen LogP contribution in [-0.4, -0.2) is 9.97 Å². The van der Waals surface area contributed by atoms with E-state index in [9.17, 15) is 0 Å². The molecule has 3 nitrogen and oxygen atoms in total. The van der Waals surface area contributed by atoms with Crippen LogP contribution in [0.4, 0.5) is 0 Å². The third-order valence-corrected chi connectivity index (χ3v) is 3.78. The van der Waals surface area contributed by atoms with Crippen molar-refractivity contribution < 1.29 is 4.74 Å². The van der Waals surface area contributed by atoms with E-state index in [1.807, 2.05) is 18.2 Å². The molecule has 0 atom stereocenters. The highest BCUT2D eigenvalue weighted by molar-refractivity contribution is 7.80. The van der Waals surface area contributed by atoms with Gasteiger partial charge < -0.3 is 10.5 Å². The summed E-state index contributed by atoms with van der Waals surface area (Å²) in [7, 11) is 0. The number of rotatable bonds is 4. The zero-order chi connectivity index (χ0) is 13.9. The van der Waals surface area contributed by atoms with Gasteiger partial charge in [-0.2, -0.15) is 0 Å². The second kappa shape index (κ2) is 5.59. The Morgan fingerprint density at radius 2 is 2.10 bits per heavy atom. The van der Waals surface area contributed by atoms with Crippen molar-refractivity contribution in [3.63, 3.8) is 0 Å². The average Bonchev–Trinajstić information content (AvgIpc) is 2.92. The van der Waals surface area contributed by atoms with Gasteiger partial charge >= 0.3 is 0 Å². The fourth-order valence-electron chi connectivity index (χ4n) is 2.58. The van der Waals surface area contributed by atoms with E-state index >= 15 is 0 Å². The second-order valence-electron chi connectivity index (χ2n) is 4.95. The van der Waals surface area contributed by atoms with E-state index in [0.717, 1.165) is 17.7 Å². The summed E-state index contributed by atoms with van der Waals surface area (Å²) in [4.78, 5) is 4.51. The standard InChI is InChI=1S/C16H16N2OS/c17-16(20)15-13(5-2-8-18-15)10-19-14-7-6-11-3-1-4-12(11)9-14/h2,5-9H,1,3-4,10H2,(H2,17,20). The molecule has 0 bridgehead atoms. The minimum Gasteiger partial charge on any atom is -0.489 e. The number of hydrogen-bond acceptors (Lipinski definition) is 3. The maximum atomic E-state index is 5.85. The topological polar surface area (TPSA) is 48.1 Å². The first-order valence-corrected chi connectivity index (χ1v) is 7.13. The summed E-state index contributed by atoms with van der Waals surface area (Å²) in [5.41, 5.74) is 10.1. The number of nitrogens with zero attached hydrogens (tertiary/aromatic N) is 1. The third-order valence-electron chi connectivity index (χ3n) is 3.59. The number of aryl methyl sites for hydroxylation is 2. The van der Waals surface area contributed by atoms with Crippen molar-refractivity contribution in [2.75, 3.05) is 0 Å². The lowest BCUT2D eigenvalue weighted by Crippen LogP contribution is -2.15. The molecule has 0 radical (unpaired) electrons. The predicted octanol–water partition coefficient (Wildman–Crippen LogP) is 2.78. The average molecular weight is 284 g/mol. The van der Waals surface area contributed by atoms with Crippen LogP contribution < -0.4 is 10.5 Å². The van der Waals surface area contributed by atoms with Gasteiger partial charge in [-0.25, -0.2) is 0 Å². The molecule has 1 aliphatic rings. The van der Waals surface area contributed by atoms with Gasteiger partial charge in [-0.15, -0.1) is 0 Å². The van der Waals surface area contributed by atoms with Crippen LogP contribution in [0.25, 0.3) is 0 Å². The fraction of sp³-hybridized carbons (Fsp3) is 0.250. The molecule has 2 N–H and O–H groups in total. The molecular formula is C16H16N2OS.